The Morgan fingerprint density at radius 1 is 0.592 bits per heavy atom. The van der Waals surface area contributed by atoms with Crippen LogP contribution >= 0.6 is 0 Å². The highest BCUT2D eigenvalue weighted by molar-refractivity contribution is 5.90. The Bertz CT molecular complexity index is 1820. The molecule has 0 saturated carbocycles. The summed E-state index contributed by atoms with van der Waals surface area (Å²) >= 11 is 0. The third kappa shape index (κ3) is 9.41. The van der Waals surface area contributed by atoms with Crippen LogP contribution in [0.25, 0.3) is 0 Å². The maximum atomic E-state index is 13.5. The topological polar surface area (TPSA) is 193 Å². The van der Waals surface area contributed by atoms with Crippen molar-refractivity contribution in [3.05, 3.63) is 65.2 Å². The summed E-state index contributed by atoms with van der Waals surface area (Å²) in [5.74, 6) is -6.35. The smallest absolute Gasteiger partial charge is 0.338 e. The lowest BCUT2D eigenvalue weighted by Gasteiger charge is -2.34. The van der Waals surface area contributed by atoms with E-state index in [0.717, 1.165) is 34.6 Å². The van der Waals surface area contributed by atoms with Gasteiger partial charge in [0, 0.05) is 71.2 Å². The van der Waals surface area contributed by atoms with Crippen molar-refractivity contribution in [1.29, 1.82) is 0 Å². The first kappa shape index (κ1) is 35.6. The van der Waals surface area contributed by atoms with Gasteiger partial charge in [0.05, 0.1) is 5.56 Å². The predicted molar refractivity (Wildman–Crippen MR) is 163 cm³/mol. The van der Waals surface area contributed by atoms with Gasteiger partial charge in [-0.15, -0.1) is 0 Å². The Labute approximate surface area is 278 Å². The van der Waals surface area contributed by atoms with Crippen LogP contribution in [0.2, 0.25) is 0 Å². The Kier molecular flexibility index (Phi) is 11.0. The number of hydrogen-bond acceptors (Lipinski definition) is 15. The molecule has 1 aliphatic rings. The lowest BCUT2D eigenvalue weighted by atomic mass is 9.93. The number of rotatable bonds is 9. The number of fused-ring (bicyclic) bond motifs is 1. The second-order valence-electron chi connectivity index (χ2n) is 10.5. The number of hydrogen-bond donors (Lipinski definition) is 0. The first-order valence-corrected chi connectivity index (χ1v) is 14.5. The van der Waals surface area contributed by atoms with Gasteiger partial charge in [-0.1, -0.05) is 6.07 Å². The van der Waals surface area contributed by atoms with Gasteiger partial charge in [0.25, 0.3) is 0 Å². The quantitative estimate of drug-likeness (QED) is 0.231. The van der Waals surface area contributed by atoms with Crippen molar-refractivity contribution in [1.82, 2.24) is 0 Å². The molecule has 4 rings (SSSR count). The van der Waals surface area contributed by atoms with Crippen molar-refractivity contribution in [3.8, 4) is 40.2 Å². The minimum absolute atomic E-state index is 0.000114. The monoisotopic (exact) mass is 678 g/mol. The lowest BCUT2D eigenvalue weighted by Crippen LogP contribution is -2.35. The molecule has 0 spiro atoms. The highest BCUT2D eigenvalue weighted by Crippen LogP contribution is 2.47. The molecule has 3 aromatic rings. The van der Waals surface area contributed by atoms with Gasteiger partial charge in [-0.3, -0.25) is 28.8 Å². The summed E-state index contributed by atoms with van der Waals surface area (Å²) in [7, 11) is 0. The number of carbonyl (C=O) groups is 7. The van der Waals surface area contributed by atoms with E-state index in [0.29, 0.717) is 0 Å². The van der Waals surface area contributed by atoms with E-state index in [-0.39, 0.29) is 63.4 Å². The summed E-state index contributed by atoms with van der Waals surface area (Å²) in [5, 5.41) is 0. The zero-order valence-corrected chi connectivity index (χ0v) is 27.1. The SMILES string of the molecule is CC(=O)Oc1cccc(C(=O)OC2Cc3c(OC(C)=O)cc(OC(C)=O)cc3OC2c2cc(OC(C)=O)c(OC(C)=O)c(OC(C)=O)c2)c1. The van der Waals surface area contributed by atoms with E-state index in [1.165, 1.54) is 55.5 Å². The van der Waals surface area contributed by atoms with Crippen LogP contribution in [0.3, 0.4) is 0 Å². The van der Waals surface area contributed by atoms with Gasteiger partial charge in [0.1, 0.15) is 29.1 Å². The van der Waals surface area contributed by atoms with Crippen LogP contribution in [0.5, 0.6) is 40.2 Å². The van der Waals surface area contributed by atoms with Crippen molar-refractivity contribution >= 4 is 41.8 Å². The molecule has 1 heterocycles. The fourth-order valence-corrected chi connectivity index (χ4v) is 4.80. The van der Waals surface area contributed by atoms with Crippen LogP contribution in [-0.2, 0) is 39.9 Å². The minimum Gasteiger partial charge on any atom is -0.481 e. The molecule has 0 amide bonds. The van der Waals surface area contributed by atoms with Gasteiger partial charge < -0.3 is 37.9 Å². The number of ether oxygens (including phenoxy) is 8. The van der Waals surface area contributed by atoms with Gasteiger partial charge in [-0.05, 0) is 30.3 Å². The molecular weight excluding hydrogens is 648 g/mol. The van der Waals surface area contributed by atoms with Crippen molar-refractivity contribution in [3.63, 3.8) is 0 Å². The zero-order chi connectivity index (χ0) is 36.0. The number of benzene rings is 3. The van der Waals surface area contributed by atoms with Gasteiger partial charge in [0.2, 0.25) is 5.75 Å². The third-order valence-corrected chi connectivity index (χ3v) is 6.37. The summed E-state index contributed by atoms with van der Waals surface area (Å²) in [6.07, 6.45) is -2.67. The molecule has 49 heavy (non-hydrogen) atoms. The first-order chi connectivity index (χ1) is 23.1. The molecule has 256 valence electrons. The molecule has 0 N–H and O–H groups in total. The molecule has 0 bridgehead atoms. The Hall–Kier alpha value is -6.25. The normalized spacial score (nSPS) is 14.6. The van der Waals surface area contributed by atoms with Crippen LogP contribution in [0, 0.1) is 0 Å². The molecule has 0 saturated heterocycles. The first-order valence-electron chi connectivity index (χ1n) is 14.5. The molecule has 2 unspecified atom stereocenters. The zero-order valence-electron chi connectivity index (χ0n) is 27.1. The molecule has 3 aromatic carbocycles. The van der Waals surface area contributed by atoms with Crippen molar-refractivity contribution in [2.75, 3.05) is 0 Å². The summed E-state index contributed by atoms with van der Waals surface area (Å²) < 4.78 is 43.7. The standard InChI is InChI=1S/C34H30O15/c1-16(35)42-24-9-7-8-22(10-24)34(41)49-31-15-26-27(44-18(3)37)13-25(43-17(2)36)14-28(26)48-32(31)23-11-29(45-19(4)38)33(47-21(6)40)30(12-23)46-20(5)39/h7-14,31-32H,15H2,1-6H3. The fraction of sp³-hybridized carbons (Fsp3) is 0.265. The van der Waals surface area contributed by atoms with Crippen LogP contribution < -0.4 is 33.2 Å². The molecule has 1 aliphatic heterocycles. The van der Waals surface area contributed by atoms with E-state index in [1.807, 2.05) is 0 Å². The third-order valence-electron chi connectivity index (χ3n) is 6.37. The molecule has 0 fully saturated rings. The van der Waals surface area contributed by atoms with Crippen molar-refractivity contribution < 1.29 is 71.5 Å². The second kappa shape index (κ2) is 15.1. The Morgan fingerprint density at radius 2 is 1.12 bits per heavy atom. The number of esters is 7. The van der Waals surface area contributed by atoms with E-state index >= 15 is 0 Å². The van der Waals surface area contributed by atoms with E-state index in [4.69, 9.17) is 37.9 Å². The summed E-state index contributed by atoms with van der Waals surface area (Å²) in [6, 6.07) is 10.8. The average Bonchev–Trinajstić information content (AvgIpc) is 2.97. The summed E-state index contributed by atoms with van der Waals surface area (Å²) in [6.45, 7) is 6.77. The van der Waals surface area contributed by atoms with Crippen molar-refractivity contribution in [2.45, 2.75) is 60.2 Å². The fourth-order valence-electron chi connectivity index (χ4n) is 4.80. The van der Waals surface area contributed by atoms with Gasteiger partial charge >= 0.3 is 41.8 Å². The minimum atomic E-state index is -1.28. The highest BCUT2D eigenvalue weighted by atomic mass is 16.6. The van der Waals surface area contributed by atoms with E-state index in [2.05, 4.69) is 0 Å². The average molecular weight is 679 g/mol. The highest BCUT2D eigenvalue weighted by Gasteiger charge is 2.39. The second-order valence-corrected chi connectivity index (χ2v) is 10.5. The molecular formula is C34H30O15. The van der Waals surface area contributed by atoms with Gasteiger partial charge in [0.15, 0.2) is 17.6 Å². The Balaban J connectivity index is 1.90. The summed E-state index contributed by atoms with van der Waals surface area (Å²) in [5.41, 5.74) is 0.360. The molecule has 15 heteroatoms. The van der Waals surface area contributed by atoms with Gasteiger partial charge in [-0.25, -0.2) is 4.79 Å². The van der Waals surface area contributed by atoms with E-state index in [9.17, 15) is 33.6 Å². The lowest BCUT2D eigenvalue weighted by molar-refractivity contribution is -0.135. The summed E-state index contributed by atoms with van der Waals surface area (Å²) in [4.78, 5) is 84.9. The largest absolute Gasteiger partial charge is 0.481 e. The van der Waals surface area contributed by atoms with E-state index in [1.54, 1.807) is 0 Å². The van der Waals surface area contributed by atoms with Crippen molar-refractivity contribution in [2.24, 2.45) is 0 Å². The molecule has 15 nitrogen and oxygen atoms in total. The maximum Gasteiger partial charge on any atom is 0.338 e. The molecule has 0 aromatic heterocycles. The van der Waals surface area contributed by atoms with Crippen LogP contribution in [0.4, 0.5) is 0 Å². The van der Waals surface area contributed by atoms with Crippen LogP contribution in [0.15, 0.2) is 48.5 Å². The molecule has 0 radical (unpaired) electrons. The van der Waals surface area contributed by atoms with E-state index < -0.39 is 54.0 Å². The van der Waals surface area contributed by atoms with Crippen LogP contribution in [0.1, 0.15) is 69.1 Å². The molecule has 2 atom stereocenters. The van der Waals surface area contributed by atoms with Crippen LogP contribution in [-0.4, -0.2) is 47.9 Å². The number of carbonyl (C=O) groups excluding carboxylic acids is 7. The molecule has 0 aliphatic carbocycles. The predicted octanol–water partition coefficient (Wildman–Crippen LogP) is 4.14. The van der Waals surface area contributed by atoms with Gasteiger partial charge in [-0.2, -0.15) is 0 Å². The maximum absolute atomic E-state index is 13.5. The Morgan fingerprint density at radius 3 is 1.67 bits per heavy atom.